The van der Waals surface area contributed by atoms with Gasteiger partial charge in [0.25, 0.3) is 0 Å². The Kier molecular flexibility index (Phi) is 5.47. The van der Waals surface area contributed by atoms with Crippen molar-refractivity contribution in [1.29, 1.82) is 0 Å². The summed E-state index contributed by atoms with van der Waals surface area (Å²) < 4.78 is 22.9. The van der Waals surface area contributed by atoms with Crippen molar-refractivity contribution < 1.29 is 13.9 Å². The molecule has 1 aliphatic heterocycles. The van der Waals surface area contributed by atoms with Gasteiger partial charge in [-0.1, -0.05) is 18.2 Å². The molecule has 0 unspecified atom stereocenters. The fourth-order valence-corrected chi connectivity index (χ4v) is 4.56. The number of hydrogen-bond donors (Lipinski definition) is 1. The highest BCUT2D eigenvalue weighted by molar-refractivity contribution is 5.90. The summed E-state index contributed by atoms with van der Waals surface area (Å²) in [5.41, 5.74) is 1.48. The molecule has 5 heterocycles. The summed E-state index contributed by atoms with van der Waals surface area (Å²) in [5.74, 6) is -0.0216. The lowest BCUT2D eigenvalue weighted by Gasteiger charge is -2.40. The average Bonchev–Trinajstić information content (AvgIpc) is 3.35. The number of pyridine rings is 1. The van der Waals surface area contributed by atoms with E-state index >= 15 is 0 Å². The number of imidazole rings is 1. The molecular weight excluding hydrogens is 491 g/mol. The number of carbonyl (C=O) groups excluding carboxylic acids is 1. The van der Waals surface area contributed by atoms with Crippen molar-refractivity contribution in [3.63, 3.8) is 0 Å². The van der Waals surface area contributed by atoms with Crippen molar-refractivity contribution in [2.75, 3.05) is 13.1 Å². The van der Waals surface area contributed by atoms with Crippen LogP contribution in [0.3, 0.4) is 0 Å². The van der Waals surface area contributed by atoms with Gasteiger partial charge in [-0.15, -0.1) is 0 Å². The van der Waals surface area contributed by atoms with Gasteiger partial charge in [0, 0.05) is 24.8 Å². The Balaban J connectivity index is 1.31. The molecule has 1 amide bonds. The molecule has 0 spiro atoms. The van der Waals surface area contributed by atoms with E-state index in [0.717, 1.165) is 0 Å². The first kappa shape index (κ1) is 23.8. The standard InChI is InChI=1S/C26H25FN8O3/c1-26(2,3)38-25(37)33-13-16(14-33)35-19-11-29-22(30-21(19)31-24(35)36)20-17-8-6-10-28-23(17)34(32-20)12-15-7-4-5-9-18(15)27/h4-11,16H,12-14H2,1-3H3,(H,29,30,31,36). The summed E-state index contributed by atoms with van der Waals surface area (Å²) >= 11 is 0. The van der Waals surface area contributed by atoms with Crippen LogP contribution < -0.4 is 5.69 Å². The Hall–Kier alpha value is -4.61. The van der Waals surface area contributed by atoms with Crippen LogP contribution in [0.15, 0.2) is 53.6 Å². The number of ether oxygens (including phenoxy) is 1. The number of rotatable bonds is 4. The zero-order chi connectivity index (χ0) is 26.6. The van der Waals surface area contributed by atoms with Crippen molar-refractivity contribution in [2.24, 2.45) is 0 Å². The topological polar surface area (TPSA) is 124 Å². The van der Waals surface area contributed by atoms with Gasteiger partial charge in [-0.3, -0.25) is 9.55 Å². The number of nitrogens with one attached hydrogen (secondary N) is 1. The molecule has 4 aromatic heterocycles. The van der Waals surface area contributed by atoms with Crippen molar-refractivity contribution in [3.05, 3.63) is 70.7 Å². The number of hydrogen-bond acceptors (Lipinski definition) is 7. The number of carbonyl (C=O) groups is 1. The van der Waals surface area contributed by atoms with Crippen LogP contribution in [0.2, 0.25) is 0 Å². The molecule has 1 saturated heterocycles. The van der Waals surface area contributed by atoms with Crippen LogP contribution >= 0.6 is 0 Å². The minimum Gasteiger partial charge on any atom is -0.444 e. The average molecular weight is 517 g/mol. The second-order valence-electron chi connectivity index (χ2n) is 10.2. The van der Waals surface area contributed by atoms with Gasteiger partial charge in [0.15, 0.2) is 17.1 Å². The number of likely N-dealkylation sites (tertiary alicyclic amines) is 1. The number of aromatic amines is 1. The van der Waals surface area contributed by atoms with E-state index in [0.29, 0.717) is 52.4 Å². The lowest BCUT2D eigenvalue weighted by Crippen LogP contribution is -2.53. The van der Waals surface area contributed by atoms with E-state index in [4.69, 9.17) is 4.74 Å². The van der Waals surface area contributed by atoms with Crippen molar-refractivity contribution >= 4 is 28.3 Å². The Labute approximate surface area is 215 Å². The quantitative estimate of drug-likeness (QED) is 0.388. The summed E-state index contributed by atoms with van der Waals surface area (Å²) in [7, 11) is 0. The van der Waals surface area contributed by atoms with Crippen LogP contribution in [0, 0.1) is 5.82 Å². The Morgan fingerprint density at radius 2 is 1.95 bits per heavy atom. The highest BCUT2D eigenvalue weighted by Gasteiger charge is 2.36. The predicted molar refractivity (Wildman–Crippen MR) is 137 cm³/mol. The molecule has 0 atom stereocenters. The minimum atomic E-state index is -0.591. The number of benzene rings is 1. The number of H-pyrrole nitrogens is 1. The van der Waals surface area contributed by atoms with Gasteiger partial charge in [-0.05, 0) is 39.0 Å². The second-order valence-corrected chi connectivity index (χ2v) is 10.2. The van der Waals surface area contributed by atoms with E-state index in [1.165, 1.54) is 6.07 Å². The smallest absolute Gasteiger partial charge is 0.410 e. The molecule has 0 bridgehead atoms. The Morgan fingerprint density at radius 3 is 2.71 bits per heavy atom. The highest BCUT2D eigenvalue weighted by Crippen LogP contribution is 2.28. The molecule has 1 N–H and O–H groups in total. The fourth-order valence-electron chi connectivity index (χ4n) is 4.56. The zero-order valence-corrected chi connectivity index (χ0v) is 21.1. The summed E-state index contributed by atoms with van der Waals surface area (Å²) in [6.07, 6.45) is 2.81. The molecule has 1 aliphatic rings. The molecule has 1 fully saturated rings. The van der Waals surface area contributed by atoms with Gasteiger partial charge < -0.3 is 9.64 Å². The van der Waals surface area contributed by atoms with Crippen LogP contribution in [0.1, 0.15) is 32.4 Å². The first-order valence-corrected chi connectivity index (χ1v) is 12.2. The van der Waals surface area contributed by atoms with Gasteiger partial charge in [0.2, 0.25) is 0 Å². The van der Waals surface area contributed by atoms with E-state index in [2.05, 4.69) is 25.0 Å². The first-order chi connectivity index (χ1) is 18.2. The maximum Gasteiger partial charge on any atom is 0.410 e. The molecule has 6 rings (SSSR count). The summed E-state index contributed by atoms with van der Waals surface area (Å²) in [4.78, 5) is 43.0. The van der Waals surface area contributed by atoms with E-state index in [1.807, 2.05) is 26.8 Å². The Morgan fingerprint density at radius 1 is 1.16 bits per heavy atom. The monoisotopic (exact) mass is 516 g/mol. The highest BCUT2D eigenvalue weighted by atomic mass is 19.1. The van der Waals surface area contributed by atoms with Gasteiger partial charge in [-0.2, -0.15) is 5.10 Å². The van der Waals surface area contributed by atoms with Crippen molar-refractivity contribution in [3.8, 4) is 11.5 Å². The van der Waals surface area contributed by atoms with Crippen LogP contribution in [-0.2, 0) is 11.3 Å². The predicted octanol–water partition coefficient (Wildman–Crippen LogP) is 3.51. The molecular formula is C26H25FN8O3. The fraction of sp³-hybridized carbons (Fsp3) is 0.308. The lowest BCUT2D eigenvalue weighted by atomic mass is 10.1. The molecule has 0 aliphatic carbocycles. The van der Waals surface area contributed by atoms with Gasteiger partial charge >= 0.3 is 11.8 Å². The molecule has 194 valence electrons. The number of fused-ring (bicyclic) bond motifs is 2. The lowest BCUT2D eigenvalue weighted by molar-refractivity contribution is 0.00116. The van der Waals surface area contributed by atoms with Crippen LogP contribution in [0.5, 0.6) is 0 Å². The van der Waals surface area contributed by atoms with Gasteiger partial charge in [-0.25, -0.2) is 33.6 Å². The molecule has 12 heteroatoms. The third-order valence-corrected chi connectivity index (χ3v) is 6.35. The third kappa shape index (κ3) is 4.17. The normalized spacial score (nSPS) is 14.3. The summed E-state index contributed by atoms with van der Waals surface area (Å²) in [6.45, 7) is 6.31. The SMILES string of the molecule is CC(C)(C)OC(=O)N1CC(n2c(=O)[nH]c3nc(-c4nn(Cc5ccccc5F)c5ncccc45)ncc32)C1. The van der Waals surface area contributed by atoms with Crippen LogP contribution in [-0.4, -0.2) is 64.0 Å². The molecule has 0 saturated carbocycles. The van der Waals surface area contributed by atoms with E-state index in [-0.39, 0.29) is 24.1 Å². The van der Waals surface area contributed by atoms with Crippen molar-refractivity contribution in [2.45, 2.75) is 39.0 Å². The number of amides is 1. The minimum absolute atomic E-state index is 0.186. The Bertz CT molecular complexity index is 1740. The zero-order valence-electron chi connectivity index (χ0n) is 21.1. The van der Waals surface area contributed by atoms with Gasteiger partial charge in [0.05, 0.1) is 24.2 Å². The molecule has 5 aromatic rings. The molecule has 1 aromatic carbocycles. The van der Waals surface area contributed by atoms with E-state index in [9.17, 15) is 14.0 Å². The van der Waals surface area contributed by atoms with Gasteiger partial charge in [0.1, 0.15) is 22.6 Å². The molecule has 38 heavy (non-hydrogen) atoms. The molecule has 11 nitrogen and oxygen atoms in total. The molecule has 0 radical (unpaired) electrons. The van der Waals surface area contributed by atoms with E-state index in [1.54, 1.807) is 50.8 Å². The van der Waals surface area contributed by atoms with Crippen LogP contribution in [0.4, 0.5) is 9.18 Å². The largest absolute Gasteiger partial charge is 0.444 e. The summed E-state index contributed by atoms with van der Waals surface area (Å²) in [5, 5.41) is 5.36. The maximum absolute atomic E-state index is 14.3. The first-order valence-electron chi connectivity index (χ1n) is 12.2. The van der Waals surface area contributed by atoms with Crippen molar-refractivity contribution in [1.82, 2.24) is 39.2 Å². The van der Waals surface area contributed by atoms with E-state index < -0.39 is 11.7 Å². The number of halogens is 1. The van der Waals surface area contributed by atoms with Crippen LogP contribution in [0.25, 0.3) is 33.7 Å². The summed E-state index contributed by atoms with van der Waals surface area (Å²) in [6, 6.07) is 9.93. The second kappa shape index (κ2) is 8.75. The number of aromatic nitrogens is 7. The number of nitrogens with zero attached hydrogens (tertiary/aromatic N) is 7. The third-order valence-electron chi connectivity index (χ3n) is 6.35. The maximum atomic E-state index is 14.3.